The Morgan fingerprint density at radius 2 is 2.03 bits per heavy atom. The van der Waals surface area contributed by atoms with Crippen molar-refractivity contribution >= 4 is 5.97 Å². The first-order valence-corrected chi connectivity index (χ1v) is 10.7. The molecule has 0 fully saturated rings. The second-order valence-electron chi connectivity index (χ2n) is 7.97. The molecule has 1 atom stereocenters. The number of ether oxygens (including phenoxy) is 5. The van der Waals surface area contributed by atoms with Gasteiger partial charge >= 0.3 is 5.97 Å². The zero-order chi connectivity index (χ0) is 22.1. The monoisotopic (exact) mass is 420 g/mol. The van der Waals surface area contributed by atoms with Crippen LogP contribution < -0.4 is 9.47 Å². The number of methoxy groups -OCH3 is 1. The molecule has 0 aromatic heterocycles. The number of fused-ring (bicyclic) bond motifs is 1. The molecule has 1 aliphatic rings. The van der Waals surface area contributed by atoms with Gasteiger partial charge < -0.3 is 23.7 Å². The Hall–Kier alpha value is -2.05. The van der Waals surface area contributed by atoms with Crippen LogP contribution in [0.15, 0.2) is 17.7 Å². The van der Waals surface area contributed by atoms with Gasteiger partial charge in [0.15, 0.2) is 6.79 Å². The minimum absolute atomic E-state index is 0.202. The number of carbonyl (C=O) groups is 1. The van der Waals surface area contributed by atoms with Gasteiger partial charge in [-0.3, -0.25) is 0 Å². The van der Waals surface area contributed by atoms with Crippen molar-refractivity contribution in [1.29, 1.82) is 0 Å². The van der Waals surface area contributed by atoms with Gasteiger partial charge in [-0.15, -0.1) is 0 Å². The largest absolute Gasteiger partial charge is 0.487 e. The molecule has 6 heteroatoms. The third-order valence-electron chi connectivity index (χ3n) is 5.59. The van der Waals surface area contributed by atoms with Crippen LogP contribution in [0.25, 0.3) is 0 Å². The SMILES string of the molecule is CCOC(=O)/C(C)=C/CCC1(C)CCc2cc(OCOCCOC)c(C)c(C)c2O1. The Morgan fingerprint density at radius 1 is 1.27 bits per heavy atom. The molecule has 0 bridgehead atoms. The zero-order valence-electron chi connectivity index (χ0n) is 19.3. The highest BCUT2D eigenvalue weighted by Crippen LogP contribution is 2.42. The van der Waals surface area contributed by atoms with Gasteiger partial charge in [0, 0.05) is 12.7 Å². The van der Waals surface area contributed by atoms with E-state index in [9.17, 15) is 4.79 Å². The van der Waals surface area contributed by atoms with Crippen LogP contribution in [-0.2, 0) is 25.4 Å². The molecule has 0 N–H and O–H groups in total. The van der Waals surface area contributed by atoms with Crippen molar-refractivity contribution in [3.8, 4) is 11.5 Å². The van der Waals surface area contributed by atoms with Crippen LogP contribution in [0, 0.1) is 13.8 Å². The van der Waals surface area contributed by atoms with Crippen molar-refractivity contribution < 1.29 is 28.5 Å². The molecule has 0 saturated carbocycles. The van der Waals surface area contributed by atoms with Crippen LogP contribution in [0.1, 0.15) is 56.7 Å². The molecule has 0 saturated heterocycles. The highest BCUT2D eigenvalue weighted by Gasteiger charge is 2.33. The summed E-state index contributed by atoms with van der Waals surface area (Å²) in [6.45, 7) is 11.5. The molecular formula is C24H36O6. The Morgan fingerprint density at radius 3 is 2.73 bits per heavy atom. The fourth-order valence-corrected chi connectivity index (χ4v) is 3.51. The van der Waals surface area contributed by atoms with Crippen LogP contribution in [0.3, 0.4) is 0 Å². The van der Waals surface area contributed by atoms with Gasteiger partial charge in [0.1, 0.15) is 17.1 Å². The lowest BCUT2D eigenvalue weighted by Crippen LogP contribution is -2.36. The summed E-state index contributed by atoms with van der Waals surface area (Å²) in [7, 11) is 1.65. The Labute approximate surface area is 180 Å². The van der Waals surface area contributed by atoms with Crippen molar-refractivity contribution in [1.82, 2.24) is 0 Å². The van der Waals surface area contributed by atoms with E-state index in [4.69, 9.17) is 23.7 Å². The lowest BCUT2D eigenvalue weighted by Gasteiger charge is -2.37. The van der Waals surface area contributed by atoms with Crippen LogP contribution >= 0.6 is 0 Å². The van der Waals surface area contributed by atoms with E-state index in [1.807, 2.05) is 19.9 Å². The standard InChI is InChI=1S/C24H36O6/c1-7-28-23(25)17(2)9-8-11-24(5)12-10-20-15-21(29-16-27-14-13-26-6)18(3)19(4)22(20)30-24/h9,15H,7-8,10-14,16H2,1-6H3/b17-9+. The van der Waals surface area contributed by atoms with Crippen LogP contribution in [-0.4, -0.2) is 45.3 Å². The number of esters is 1. The van der Waals surface area contributed by atoms with Gasteiger partial charge in [-0.25, -0.2) is 4.79 Å². The topological polar surface area (TPSA) is 63.2 Å². The molecule has 168 valence electrons. The summed E-state index contributed by atoms with van der Waals surface area (Å²) in [5.41, 5.74) is 3.72. The van der Waals surface area contributed by atoms with Crippen LogP contribution in [0.4, 0.5) is 0 Å². The summed E-state index contributed by atoms with van der Waals surface area (Å²) < 4.78 is 27.8. The van der Waals surface area contributed by atoms with Gasteiger partial charge in [0.05, 0.1) is 19.8 Å². The minimum Gasteiger partial charge on any atom is -0.487 e. The van der Waals surface area contributed by atoms with Crippen molar-refractivity contribution in [2.75, 3.05) is 33.7 Å². The number of benzene rings is 1. The lowest BCUT2D eigenvalue weighted by atomic mass is 9.87. The number of allylic oxidation sites excluding steroid dienone is 1. The van der Waals surface area contributed by atoms with Crippen molar-refractivity contribution in [3.05, 3.63) is 34.4 Å². The summed E-state index contributed by atoms with van der Waals surface area (Å²) in [6.07, 6.45) is 5.40. The summed E-state index contributed by atoms with van der Waals surface area (Å²) in [5, 5.41) is 0. The molecule has 30 heavy (non-hydrogen) atoms. The molecule has 0 amide bonds. The average molecular weight is 421 g/mol. The molecule has 1 unspecified atom stereocenters. The van der Waals surface area contributed by atoms with Gasteiger partial charge in [0.25, 0.3) is 0 Å². The third-order valence-corrected chi connectivity index (χ3v) is 5.59. The number of aryl methyl sites for hydroxylation is 1. The van der Waals surface area contributed by atoms with E-state index in [-0.39, 0.29) is 18.4 Å². The van der Waals surface area contributed by atoms with Crippen LogP contribution in [0.5, 0.6) is 11.5 Å². The molecule has 0 aliphatic carbocycles. The normalized spacial score (nSPS) is 18.5. The lowest BCUT2D eigenvalue weighted by molar-refractivity contribution is -0.138. The van der Waals surface area contributed by atoms with E-state index in [0.29, 0.717) is 25.4 Å². The first-order chi connectivity index (χ1) is 14.3. The second kappa shape index (κ2) is 11.4. The van der Waals surface area contributed by atoms with E-state index >= 15 is 0 Å². The van der Waals surface area contributed by atoms with E-state index < -0.39 is 0 Å². The average Bonchev–Trinajstić information content (AvgIpc) is 2.72. The maximum atomic E-state index is 11.8. The smallest absolute Gasteiger partial charge is 0.333 e. The maximum Gasteiger partial charge on any atom is 0.333 e. The molecule has 2 rings (SSSR count). The van der Waals surface area contributed by atoms with E-state index in [1.54, 1.807) is 14.0 Å². The first kappa shape index (κ1) is 24.2. The highest BCUT2D eigenvalue weighted by atomic mass is 16.7. The fourth-order valence-electron chi connectivity index (χ4n) is 3.51. The number of hydrogen-bond acceptors (Lipinski definition) is 6. The van der Waals surface area contributed by atoms with E-state index in [2.05, 4.69) is 19.9 Å². The van der Waals surface area contributed by atoms with Gasteiger partial charge in [0.2, 0.25) is 0 Å². The molecule has 1 aliphatic heterocycles. The van der Waals surface area contributed by atoms with Crippen LogP contribution in [0.2, 0.25) is 0 Å². The number of carbonyl (C=O) groups excluding carboxylic acids is 1. The number of hydrogen-bond donors (Lipinski definition) is 0. The Bertz CT molecular complexity index is 755. The predicted octanol–water partition coefficient (Wildman–Crippen LogP) is 4.68. The third kappa shape index (κ3) is 6.47. The van der Waals surface area contributed by atoms with Crippen molar-refractivity contribution in [3.63, 3.8) is 0 Å². The molecule has 0 spiro atoms. The summed E-state index contributed by atoms with van der Waals surface area (Å²) in [5.74, 6) is 1.55. The van der Waals surface area contributed by atoms with Gasteiger partial charge in [-0.1, -0.05) is 6.08 Å². The zero-order valence-corrected chi connectivity index (χ0v) is 19.3. The van der Waals surface area contributed by atoms with E-state index in [1.165, 1.54) is 5.56 Å². The molecule has 1 aromatic rings. The maximum absolute atomic E-state index is 11.8. The predicted molar refractivity (Wildman–Crippen MR) is 116 cm³/mol. The molecule has 6 nitrogen and oxygen atoms in total. The Balaban J connectivity index is 2.01. The number of rotatable bonds is 11. The molecule has 0 radical (unpaired) electrons. The molecule has 1 aromatic carbocycles. The molecule has 1 heterocycles. The molecular weight excluding hydrogens is 384 g/mol. The highest BCUT2D eigenvalue weighted by molar-refractivity contribution is 5.87. The van der Waals surface area contributed by atoms with Crippen molar-refractivity contribution in [2.24, 2.45) is 0 Å². The summed E-state index contributed by atoms with van der Waals surface area (Å²) in [4.78, 5) is 11.8. The van der Waals surface area contributed by atoms with Crippen molar-refractivity contribution in [2.45, 2.75) is 65.9 Å². The minimum atomic E-state index is -0.263. The first-order valence-electron chi connectivity index (χ1n) is 10.7. The fraction of sp³-hybridized carbons (Fsp3) is 0.625. The van der Waals surface area contributed by atoms with E-state index in [0.717, 1.165) is 48.3 Å². The summed E-state index contributed by atoms with van der Waals surface area (Å²) in [6, 6.07) is 2.07. The quantitative estimate of drug-likeness (QED) is 0.224. The van der Waals surface area contributed by atoms with Gasteiger partial charge in [-0.05, 0) is 83.1 Å². The summed E-state index contributed by atoms with van der Waals surface area (Å²) >= 11 is 0. The second-order valence-corrected chi connectivity index (χ2v) is 7.97. The Kier molecular flexibility index (Phi) is 9.18. The van der Waals surface area contributed by atoms with Gasteiger partial charge in [-0.2, -0.15) is 0 Å².